The Morgan fingerprint density at radius 1 is 1.43 bits per heavy atom. The lowest BCUT2D eigenvalue weighted by atomic mass is 10.1. The maximum atomic E-state index is 11.7. The van der Waals surface area contributed by atoms with Crippen molar-refractivity contribution in [3.8, 4) is 0 Å². The van der Waals surface area contributed by atoms with Gasteiger partial charge >= 0.3 is 5.97 Å². The van der Waals surface area contributed by atoms with E-state index in [1.165, 1.54) is 18.5 Å². The van der Waals surface area contributed by atoms with Gasteiger partial charge in [0.15, 0.2) is 0 Å². The molecule has 1 aromatic heterocycles. The number of carbonyl (C=O) groups is 1. The van der Waals surface area contributed by atoms with Crippen LogP contribution in [0.15, 0.2) is 30.6 Å². The summed E-state index contributed by atoms with van der Waals surface area (Å²) in [6, 6.07) is 3.99. The number of benzene rings is 1. The highest BCUT2D eigenvalue weighted by atomic mass is 16.6. The summed E-state index contributed by atoms with van der Waals surface area (Å²) in [6.07, 6.45) is 3.02. The number of esters is 1. The van der Waals surface area contributed by atoms with Crippen LogP contribution in [-0.4, -0.2) is 28.5 Å². The maximum Gasteiger partial charge on any atom is 0.328 e. The van der Waals surface area contributed by atoms with Gasteiger partial charge in [-0.15, -0.1) is 0 Å². The second-order valence-electron chi connectivity index (χ2n) is 4.43. The van der Waals surface area contributed by atoms with E-state index >= 15 is 0 Å². The Kier molecular flexibility index (Phi) is 4.32. The van der Waals surface area contributed by atoms with Crippen LogP contribution in [0.25, 0.3) is 10.8 Å². The number of pyridine rings is 1. The number of carbonyl (C=O) groups excluding carboxylic acids is 1. The Balaban J connectivity index is 2.40. The Morgan fingerprint density at radius 3 is 2.86 bits per heavy atom. The predicted molar refractivity (Wildman–Crippen MR) is 78.1 cm³/mol. The molecule has 0 spiro atoms. The van der Waals surface area contributed by atoms with Crippen molar-refractivity contribution in [1.29, 1.82) is 0 Å². The van der Waals surface area contributed by atoms with Gasteiger partial charge in [0, 0.05) is 29.5 Å². The number of nitro benzene ring substituents is 1. The highest BCUT2D eigenvalue weighted by Gasteiger charge is 2.18. The zero-order valence-corrected chi connectivity index (χ0v) is 11.7. The average Bonchev–Trinajstić information content (AvgIpc) is 2.47. The van der Waals surface area contributed by atoms with E-state index in [2.05, 4.69) is 10.3 Å². The average molecular weight is 289 g/mol. The molecule has 0 fully saturated rings. The predicted octanol–water partition coefficient (Wildman–Crippen LogP) is 2.51. The zero-order chi connectivity index (χ0) is 15.4. The number of aromatic nitrogens is 1. The highest BCUT2D eigenvalue weighted by Crippen LogP contribution is 2.31. The molecule has 7 nitrogen and oxygen atoms in total. The summed E-state index contributed by atoms with van der Waals surface area (Å²) in [5.41, 5.74) is 0.603. The minimum Gasteiger partial charge on any atom is -0.464 e. The number of fused-ring (bicyclic) bond motifs is 1. The van der Waals surface area contributed by atoms with E-state index in [4.69, 9.17) is 4.74 Å². The van der Waals surface area contributed by atoms with Gasteiger partial charge in [0.25, 0.3) is 5.69 Å². The first-order chi connectivity index (χ1) is 10.0. The fourth-order valence-corrected chi connectivity index (χ4v) is 2.02. The topological polar surface area (TPSA) is 94.4 Å². The van der Waals surface area contributed by atoms with Gasteiger partial charge in [0.1, 0.15) is 6.04 Å². The van der Waals surface area contributed by atoms with E-state index in [1.54, 1.807) is 26.0 Å². The lowest BCUT2D eigenvalue weighted by Crippen LogP contribution is -2.28. The van der Waals surface area contributed by atoms with Crippen molar-refractivity contribution in [1.82, 2.24) is 4.98 Å². The molecule has 0 bridgehead atoms. The van der Waals surface area contributed by atoms with Crippen molar-refractivity contribution in [2.24, 2.45) is 0 Å². The molecule has 0 aliphatic rings. The number of anilines is 1. The van der Waals surface area contributed by atoms with E-state index in [1.807, 2.05) is 0 Å². The van der Waals surface area contributed by atoms with Crippen LogP contribution in [0.2, 0.25) is 0 Å². The minimum atomic E-state index is -0.560. The van der Waals surface area contributed by atoms with Gasteiger partial charge in [-0.1, -0.05) is 0 Å². The number of rotatable bonds is 5. The first-order valence-corrected chi connectivity index (χ1v) is 6.49. The Bertz CT molecular complexity index is 687. The molecule has 1 unspecified atom stereocenters. The fraction of sp³-hybridized carbons (Fsp3) is 0.286. The summed E-state index contributed by atoms with van der Waals surface area (Å²) in [4.78, 5) is 26.2. The molecule has 0 saturated carbocycles. The van der Waals surface area contributed by atoms with Gasteiger partial charge in [-0.05, 0) is 26.0 Å². The van der Waals surface area contributed by atoms with Crippen molar-refractivity contribution in [3.63, 3.8) is 0 Å². The van der Waals surface area contributed by atoms with Gasteiger partial charge in [-0.2, -0.15) is 0 Å². The van der Waals surface area contributed by atoms with Crippen LogP contribution in [0.4, 0.5) is 11.4 Å². The van der Waals surface area contributed by atoms with Crippen LogP contribution in [0.5, 0.6) is 0 Å². The van der Waals surface area contributed by atoms with Crippen LogP contribution in [0.3, 0.4) is 0 Å². The molecule has 110 valence electrons. The number of ether oxygens (including phenoxy) is 1. The third-order valence-corrected chi connectivity index (χ3v) is 3.00. The molecule has 1 heterocycles. The lowest BCUT2D eigenvalue weighted by molar-refractivity contribution is -0.383. The molecule has 1 N–H and O–H groups in total. The summed E-state index contributed by atoms with van der Waals surface area (Å²) < 4.78 is 4.92. The second-order valence-corrected chi connectivity index (χ2v) is 4.43. The van der Waals surface area contributed by atoms with E-state index in [9.17, 15) is 14.9 Å². The van der Waals surface area contributed by atoms with E-state index < -0.39 is 11.0 Å². The SMILES string of the molecule is CCOC(=O)C(C)Nc1ccc([N+](=O)[O-])c2ccncc12. The van der Waals surface area contributed by atoms with Crippen LogP contribution in [0.1, 0.15) is 13.8 Å². The number of nitrogens with zero attached hydrogens (tertiary/aromatic N) is 2. The third-order valence-electron chi connectivity index (χ3n) is 3.00. The summed E-state index contributed by atoms with van der Waals surface area (Å²) in [5.74, 6) is -0.382. The number of hydrogen-bond donors (Lipinski definition) is 1. The van der Waals surface area contributed by atoms with Gasteiger partial charge in [0.05, 0.1) is 16.9 Å². The third kappa shape index (κ3) is 3.07. The first kappa shape index (κ1) is 14.7. The molecular weight excluding hydrogens is 274 g/mol. The fourth-order valence-electron chi connectivity index (χ4n) is 2.02. The highest BCUT2D eigenvalue weighted by molar-refractivity contribution is 6.00. The van der Waals surface area contributed by atoms with E-state index in [0.717, 1.165) is 0 Å². The molecule has 21 heavy (non-hydrogen) atoms. The standard InChI is InChI=1S/C14H15N3O4/c1-3-21-14(18)9(2)16-12-4-5-13(17(19)20)10-6-7-15-8-11(10)12/h4-9,16H,3H2,1-2H3. The molecule has 0 aliphatic heterocycles. The van der Waals surface area contributed by atoms with Crippen molar-refractivity contribution >= 4 is 28.1 Å². The molecule has 0 radical (unpaired) electrons. The Morgan fingerprint density at radius 2 is 2.19 bits per heavy atom. The van der Waals surface area contributed by atoms with Crippen molar-refractivity contribution in [3.05, 3.63) is 40.7 Å². The van der Waals surface area contributed by atoms with Crippen molar-refractivity contribution in [2.75, 3.05) is 11.9 Å². The van der Waals surface area contributed by atoms with E-state index in [-0.39, 0.29) is 11.7 Å². The summed E-state index contributed by atoms with van der Waals surface area (Å²) in [6.45, 7) is 3.70. The second kappa shape index (κ2) is 6.17. The number of nitrogens with one attached hydrogen (secondary N) is 1. The molecule has 7 heteroatoms. The van der Waals surface area contributed by atoms with Crippen LogP contribution < -0.4 is 5.32 Å². The molecule has 1 aromatic carbocycles. The zero-order valence-electron chi connectivity index (χ0n) is 11.7. The quantitative estimate of drug-likeness (QED) is 0.516. The van der Waals surface area contributed by atoms with Crippen LogP contribution in [0, 0.1) is 10.1 Å². The minimum absolute atomic E-state index is 0.00161. The van der Waals surface area contributed by atoms with Crippen molar-refractivity contribution in [2.45, 2.75) is 19.9 Å². The summed E-state index contributed by atoms with van der Waals surface area (Å²) in [7, 11) is 0. The molecule has 2 aromatic rings. The summed E-state index contributed by atoms with van der Waals surface area (Å²) >= 11 is 0. The molecule has 0 saturated heterocycles. The van der Waals surface area contributed by atoms with Gasteiger partial charge < -0.3 is 10.1 Å². The number of nitro groups is 1. The molecule has 0 amide bonds. The first-order valence-electron chi connectivity index (χ1n) is 6.49. The largest absolute Gasteiger partial charge is 0.464 e. The Labute approximate surface area is 121 Å². The lowest BCUT2D eigenvalue weighted by Gasteiger charge is -2.15. The Hall–Kier alpha value is -2.70. The smallest absolute Gasteiger partial charge is 0.328 e. The molecule has 2 rings (SSSR count). The molecular formula is C14H15N3O4. The summed E-state index contributed by atoms with van der Waals surface area (Å²) in [5, 5.41) is 15.1. The van der Waals surface area contributed by atoms with Crippen molar-refractivity contribution < 1.29 is 14.5 Å². The van der Waals surface area contributed by atoms with Crippen LogP contribution in [-0.2, 0) is 9.53 Å². The number of hydrogen-bond acceptors (Lipinski definition) is 6. The monoisotopic (exact) mass is 289 g/mol. The van der Waals surface area contributed by atoms with Gasteiger partial charge in [-0.3, -0.25) is 15.1 Å². The van der Waals surface area contributed by atoms with Gasteiger partial charge in [-0.25, -0.2) is 4.79 Å². The normalized spacial score (nSPS) is 11.9. The molecule has 0 aliphatic carbocycles. The molecule has 1 atom stereocenters. The maximum absolute atomic E-state index is 11.7. The van der Waals surface area contributed by atoms with Gasteiger partial charge in [0.2, 0.25) is 0 Å². The van der Waals surface area contributed by atoms with Crippen LogP contribution >= 0.6 is 0 Å². The van der Waals surface area contributed by atoms with E-state index in [0.29, 0.717) is 23.1 Å². The number of non-ortho nitro benzene ring substituents is 1.